The minimum Gasteiger partial charge on any atom is -0.463 e. The van der Waals surface area contributed by atoms with Crippen molar-refractivity contribution in [3.63, 3.8) is 0 Å². The molecule has 1 unspecified atom stereocenters. The first-order chi connectivity index (χ1) is 13.3. The molecule has 144 valence electrons. The summed E-state index contributed by atoms with van der Waals surface area (Å²) < 4.78 is 46.2. The van der Waals surface area contributed by atoms with Crippen LogP contribution in [0.25, 0.3) is 5.69 Å². The molecule has 9 heteroatoms. The van der Waals surface area contributed by atoms with Crippen molar-refractivity contribution in [2.75, 3.05) is 5.32 Å². The van der Waals surface area contributed by atoms with Crippen LogP contribution in [0.15, 0.2) is 59.4 Å². The number of halogens is 3. The van der Waals surface area contributed by atoms with Gasteiger partial charge in [-0.1, -0.05) is 0 Å². The SMILES string of the molecule is CC(Oc1ccc(=O)n(-c2ccc(F)cc2)n1)C(=O)Nc1cc(F)ccc1F. The molecule has 0 aliphatic rings. The number of nitrogens with one attached hydrogen (secondary N) is 1. The lowest BCUT2D eigenvalue weighted by atomic mass is 10.2. The van der Waals surface area contributed by atoms with Gasteiger partial charge in [0, 0.05) is 18.2 Å². The van der Waals surface area contributed by atoms with E-state index >= 15 is 0 Å². The number of hydrogen-bond acceptors (Lipinski definition) is 4. The minimum absolute atomic E-state index is 0.0636. The smallest absolute Gasteiger partial charge is 0.271 e. The Hall–Kier alpha value is -3.62. The molecular weight excluding hydrogens is 375 g/mol. The fourth-order valence-electron chi connectivity index (χ4n) is 2.29. The van der Waals surface area contributed by atoms with Gasteiger partial charge in [-0.25, -0.2) is 13.2 Å². The summed E-state index contributed by atoms with van der Waals surface area (Å²) in [6.45, 7) is 1.38. The van der Waals surface area contributed by atoms with E-state index in [4.69, 9.17) is 4.74 Å². The molecule has 1 amide bonds. The average molecular weight is 389 g/mol. The second-order valence-corrected chi connectivity index (χ2v) is 5.77. The van der Waals surface area contributed by atoms with E-state index in [1.165, 1.54) is 43.3 Å². The summed E-state index contributed by atoms with van der Waals surface area (Å²) in [5, 5.41) is 6.20. The van der Waals surface area contributed by atoms with Crippen molar-refractivity contribution >= 4 is 11.6 Å². The van der Waals surface area contributed by atoms with E-state index in [9.17, 15) is 22.8 Å². The number of benzene rings is 2. The van der Waals surface area contributed by atoms with Gasteiger partial charge < -0.3 is 10.1 Å². The first kappa shape index (κ1) is 19.2. The van der Waals surface area contributed by atoms with Crippen molar-refractivity contribution in [3.8, 4) is 11.6 Å². The second-order valence-electron chi connectivity index (χ2n) is 5.77. The minimum atomic E-state index is -1.13. The molecule has 0 saturated heterocycles. The maximum atomic E-state index is 13.6. The van der Waals surface area contributed by atoms with Crippen LogP contribution in [0.4, 0.5) is 18.9 Å². The van der Waals surface area contributed by atoms with Crippen LogP contribution in [0.2, 0.25) is 0 Å². The first-order valence-corrected chi connectivity index (χ1v) is 8.12. The van der Waals surface area contributed by atoms with Crippen molar-refractivity contribution in [3.05, 3.63) is 82.4 Å². The number of ether oxygens (including phenoxy) is 1. The van der Waals surface area contributed by atoms with Crippen molar-refractivity contribution < 1.29 is 22.7 Å². The molecule has 3 aromatic rings. The number of amides is 1. The Kier molecular flexibility index (Phi) is 5.44. The van der Waals surface area contributed by atoms with Gasteiger partial charge in [-0.3, -0.25) is 9.59 Å². The first-order valence-electron chi connectivity index (χ1n) is 8.12. The van der Waals surface area contributed by atoms with E-state index < -0.39 is 35.0 Å². The van der Waals surface area contributed by atoms with Gasteiger partial charge in [0.25, 0.3) is 11.5 Å². The van der Waals surface area contributed by atoms with Crippen molar-refractivity contribution in [1.82, 2.24) is 9.78 Å². The summed E-state index contributed by atoms with van der Waals surface area (Å²) in [6.07, 6.45) is -1.13. The second kappa shape index (κ2) is 7.95. The summed E-state index contributed by atoms with van der Waals surface area (Å²) in [4.78, 5) is 24.2. The van der Waals surface area contributed by atoms with Crippen molar-refractivity contribution in [2.24, 2.45) is 0 Å². The summed E-state index contributed by atoms with van der Waals surface area (Å²) in [6, 6.07) is 10.1. The molecule has 0 aliphatic heterocycles. The van der Waals surface area contributed by atoms with Crippen LogP contribution in [0, 0.1) is 17.5 Å². The average Bonchev–Trinajstić information content (AvgIpc) is 2.67. The van der Waals surface area contributed by atoms with Crippen LogP contribution in [0.3, 0.4) is 0 Å². The predicted octanol–water partition coefficient (Wildman–Crippen LogP) is 3.06. The monoisotopic (exact) mass is 389 g/mol. The number of aromatic nitrogens is 2. The molecule has 0 radical (unpaired) electrons. The number of rotatable bonds is 5. The van der Waals surface area contributed by atoms with E-state index in [-0.39, 0.29) is 11.6 Å². The van der Waals surface area contributed by atoms with Crippen LogP contribution in [0.1, 0.15) is 6.92 Å². The zero-order valence-electron chi connectivity index (χ0n) is 14.5. The Bertz CT molecular complexity index is 1070. The third-order valence-electron chi connectivity index (χ3n) is 3.70. The van der Waals surface area contributed by atoms with Crippen molar-refractivity contribution in [1.29, 1.82) is 0 Å². The van der Waals surface area contributed by atoms with E-state index in [2.05, 4.69) is 10.4 Å². The Morgan fingerprint density at radius 2 is 1.71 bits per heavy atom. The van der Waals surface area contributed by atoms with Crippen LogP contribution in [-0.4, -0.2) is 21.8 Å². The normalized spacial score (nSPS) is 11.7. The Morgan fingerprint density at radius 3 is 2.43 bits per heavy atom. The molecule has 3 rings (SSSR count). The van der Waals surface area contributed by atoms with Crippen LogP contribution in [-0.2, 0) is 4.79 Å². The van der Waals surface area contributed by atoms with Gasteiger partial charge in [0.15, 0.2) is 6.10 Å². The quantitative estimate of drug-likeness (QED) is 0.728. The highest BCUT2D eigenvalue weighted by atomic mass is 19.1. The molecule has 1 aromatic heterocycles. The van der Waals surface area contributed by atoms with E-state index in [0.717, 1.165) is 22.9 Å². The van der Waals surface area contributed by atoms with Gasteiger partial charge in [0.2, 0.25) is 5.88 Å². The standard InChI is InChI=1S/C19H14F3N3O3/c1-11(19(27)23-16-10-13(21)4-7-15(16)22)28-17-8-9-18(26)25(24-17)14-5-2-12(20)3-6-14/h2-11H,1H3,(H,23,27). The van der Waals surface area contributed by atoms with Crippen LogP contribution < -0.4 is 15.6 Å². The third-order valence-corrected chi connectivity index (χ3v) is 3.70. The Morgan fingerprint density at radius 1 is 1.04 bits per heavy atom. The van der Waals surface area contributed by atoms with Gasteiger partial charge >= 0.3 is 0 Å². The van der Waals surface area contributed by atoms with Gasteiger partial charge in [0.05, 0.1) is 11.4 Å². The highest BCUT2D eigenvalue weighted by molar-refractivity contribution is 5.94. The number of carbonyl (C=O) groups excluding carboxylic acids is 1. The number of nitrogens with zero attached hydrogens (tertiary/aromatic N) is 2. The number of anilines is 1. The molecule has 6 nitrogen and oxygen atoms in total. The molecule has 1 atom stereocenters. The largest absolute Gasteiger partial charge is 0.463 e. The molecule has 0 saturated carbocycles. The predicted molar refractivity (Wildman–Crippen MR) is 94.9 cm³/mol. The molecule has 28 heavy (non-hydrogen) atoms. The Labute approximate surface area is 157 Å². The molecule has 0 spiro atoms. The topological polar surface area (TPSA) is 73.2 Å². The zero-order chi connectivity index (χ0) is 20.3. The highest BCUT2D eigenvalue weighted by Gasteiger charge is 2.18. The Balaban J connectivity index is 1.76. The fourth-order valence-corrected chi connectivity index (χ4v) is 2.29. The van der Waals surface area contributed by atoms with Crippen molar-refractivity contribution in [2.45, 2.75) is 13.0 Å². The van der Waals surface area contributed by atoms with Gasteiger partial charge in [-0.15, -0.1) is 5.10 Å². The molecular formula is C19H14F3N3O3. The van der Waals surface area contributed by atoms with Crippen LogP contribution in [0.5, 0.6) is 5.88 Å². The third kappa shape index (κ3) is 4.37. The van der Waals surface area contributed by atoms with E-state index in [0.29, 0.717) is 5.69 Å². The van der Waals surface area contributed by atoms with Gasteiger partial charge in [-0.05, 0) is 43.3 Å². The van der Waals surface area contributed by atoms with Gasteiger partial charge in [-0.2, -0.15) is 4.68 Å². The molecule has 0 fully saturated rings. The number of carbonyl (C=O) groups is 1. The molecule has 1 heterocycles. The van der Waals surface area contributed by atoms with Crippen LogP contribution >= 0.6 is 0 Å². The summed E-state index contributed by atoms with van der Waals surface area (Å²) in [7, 11) is 0. The lowest BCUT2D eigenvalue weighted by Crippen LogP contribution is -2.31. The summed E-state index contributed by atoms with van der Waals surface area (Å²) in [5.74, 6) is -2.79. The summed E-state index contributed by atoms with van der Waals surface area (Å²) >= 11 is 0. The molecule has 1 N–H and O–H groups in total. The maximum absolute atomic E-state index is 13.6. The van der Waals surface area contributed by atoms with E-state index in [1.54, 1.807) is 0 Å². The molecule has 2 aromatic carbocycles. The summed E-state index contributed by atoms with van der Waals surface area (Å²) in [5.41, 5.74) is -0.515. The number of hydrogen-bond donors (Lipinski definition) is 1. The lowest BCUT2D eigenvalue weighted by molar-refractivity contribution is -0.122. The molecule has 0 bridgehead atoms. The van der Waals surface area contributed by atoms with E-state index in [1.807, 2.05) is 0 Å². The lowest BCUT2D eigenvalue weighted by Gasteiger charge is -2.15. The molecule has 0 aliphatic carbocycles. The fraction of sp³-hybridized carbons (Fsp3) is 0.105. The maximum Gasteiger partial charge on any atom is 0.271 e. The van der Waals surface area contributed by atoms with Gasteiger partial charge in [0.1, 0.15) is 17.5 Å². The zero-order valence-corrected chi connectivity index (χ0v) is 14.5. The highest BCUT2D eigenvalue weighted by Crippen LogP contribution is 2.16.